The van der Waals surface area contributed by atoms with Crippen LogP contribution in [0, 0.1) is 5.92 Å². The highest BCUT2D eigenvalue weighted by atomic mass is 32.2. The summed E-state index contributed by atoms with van der Waals surface area (Å²) in [5.74, 6) is -0.590. The number of ether oxygens (including phenoxy) is 3. The number of sulfone groups is 1. The van der Waals surface area contributed by atoms with E-state index in [-0.39, 0.29) is 35.9 Å². The van der Waals surface area contributed by atoms with Crippen molar-refractivity contribution in [2.75, 3.05) is 25.2 Å². The lowest BCUT2D eigenvalue weighted by atomic mass is 9.99. The van der Waals surface area contributed by atoms with Crippen LogP contribution in [0.25, 0.3) is 0 Å². The van der Waals surface area contributed by atoms with E-state index in [1.54, 1.807) is 6.92 Å². The molecule has 2 fully saturated rings. The standard InChI is InChI=1S/C12H20O6S/c1-12(6-9-3-4-19(14,15)8-9)17-7-10(18-12)5-11(13)16-2/h9-10H,3-8H2,1-2H3. The Balaban J connectivity index is 1.86. The molecule has 0 N–H and O–H groups in total. The smallest absolute Gasteiger partial charge is 0.308 e. The molecule has 2 saturated heterocycles. The summed E-state index contributed by atoms with van der Waals surface area (Å²) in [6, 6.07) is 0. The van der Waals surface area contributed by atoms with Gasteiger partial charge in [0.15, 0.2) is 15.6 Å². The van der Waals surface area contributed by atoms with Crippen molar-refractivity contribution < 1.29 is 27.4 Å². The van der Waals surface area contributed by atoms with Crippen molar-refractivity contribution in [2.24, 2.45) is 5.92 Å². The number of esters is 1. The average Bonchev–Trinajstić information content (AvgIpc) is 2.82. The van der Waals surface area contributed by atoms with Gasteiger partial charge in [0.05, 0.1) is 37.7 Å². The zero-order valence-electron chi connectivity index (χ0n) is 11.3. The molecule has 2 aliphatic rings. The van der Waals surface area contributed by atoms with Crippen LogP contribution in [0.2, 0.25) is 0 Å². The van der Waals surface area contributed by atoms with Crippen LogP contribution in [0.5, 0.6) is 0 Å². The van der Waals surface area contributed by atoms with Gasteiger partial charge in [-0.05, 0) is 19.3 Å². The zero-order valence-corrected chi connectivity index (χ0v) is 12.1. The molecule has 0 bridgehead atoms. The number of carbonyl (C=O) groups excluding carboxylic acids is 1. The Labute approximate surface area is 113 Å². The summed E-state index contributed by atoms with van der Waals surface area (Å²) >= 11 is 0. The monoisotopic (exact) mass is 292 g/mol. The first-order valence-electron chi connectivity index (χ1n) is 6.41. The molecule has 0 radical (unpaired) electrons. The second-order valence-electron chi connectivity index (χ2n) is 5.44. The fraction of sp³-hybridized carbons (Fsp3) is 0.917. The first-order chi connectivity index (χ1) is 8.82. The third kappa shape index (κ3) is 3.90. The van der Waals surface area contributed by atoms with E-state index in [2.05, 4.69) is 4.74 Å². The molecule has 0 aromatic rings. The molecule has 3 unspecified atom stereocenters. The maximum absolute atomic E-state index is 11.4. The second kappa shape index (κ2) is 5.38. The van der Waals surface area contributed by atoms with Gasteiger partial charge < -0.3 is 14.2 Å². The Morgan fingerprint density at radius 3 is 2.79 bits per heavy atom. The maximum atomic E-state index is 11.4. The Morgan fingerprint density at radius 2 is 2.21 bits per heavy atom. The van der Waals surface area contributed by atoms with Crippen molar-refractivity contribution in [3.05, 3.63) is 0 Å². The van der Waals surface area contributed by atoms with E-state index in [1.807, 2.05) is 0 Å². The quantitative estimate of drug-likeness (QED) is 0.702. The molecular weight excluding hydrogens is 272 g/mol. The maximum Gasteiger partial charge on any atom is 0.308 e. The molecule has 2 heterocycles. The van der Waals surface area contributed by atoms with Crippen LogP contribution in [0.3, 0.4) is 0 Å². The molecule has 0 saturated carbocycles. The molecule has 2 aliphatic heterocycles. The average molecular weight is 292 g/mol. The molecule has 3 atom stereocenters. The normalized spacial score (nSPS) is 37.4. The van der Waals surface area contributed by atoms with Crippen molar-refractivity contribution in [1.29, 1.82) is 0 Å². The van der Waals surface area contributed by atoms with E-state index in [0.29, 0.717) is 19.4 Å². The fourth-order valence-corrected chi connectivity index (χ4v) is 4.59. The third-order valence-electron chi connectivity index (χ3n) is 3.60. The summed E-state index contributed by atoms with van der Waals surface area (Å²) in [6.07, 6.45) is 1.06. The zero-order chi connectivity index (χ0) is 14.1. The Kier molecular flexibility index (Phi) is 4.17. The predicted molar refractivity (Wildman–Crippen MR) is 67.2 cm³/mol. The highest BCUT2D eigenvalue weighted by Gasteiger charge is 2.42. The molecule has 0 amide bonds. The van der Waals surface area contributed by atoms with Gasteiger partial charge in [-0.25, -0.2) is 8.42 Å². The van der Waals surface area contributed by atoms with Crippen LogP contribution in [-0.4, -0.2) is 51.5 Å². The summed E-state index contributed by atoms with van der Waals surface area (Å²) in [7, 11) is -1.55. The SMILES string of the molecule is COC(=O)CC1COC(C)(CC2CCS(=O)(=O)C2)O1. The first-order valence-corrected chi connectivity index (χ1v) is 8.23. The van der Waals surface area contributed by atoms with E-state index in [1.165, 1.54) is 7.11 Å². The minimum atomic E-state index is -2.89. The largest absolute Gasteiger partial charge is 0.469 e. The van der Waals surface area contributed by atoms with E-state index in [0.717, 1.165) is 0 Å². The van der Waals surface area contributed by atoms with Gasteiger partial charge in [0.1, 0.15) is 0 Å². The topological polar surface area (TPSA) is 78.9 Å². The summed E-state index contributed by atoms with van der Waals surface area (Å²) in [5, 5.41) is 0. The molecule has 6 nitrogen and oxygen atoms in total. The Hall–Kier alpha value is -0.660. The summed E-state index contributed by atoms with van der Waals surface area (Å²) < 4.78 is 38.8. The highest BCUT2D eigenvalue weighted by molar-refractivity contribution is 7.91. The highest BCUT2D eigenvalue weighted by Crippen LogP contribution is 2.35. The third-order valence-corrected chi connectivity index (χ3v) is 5.44. The van der Waals surface area contributed by atoms with Crippen molar-refractivity contribution >= 4 is 15.8 Å². The molecule has 110 valence electrons. The molecule has 19 heavy (non-hydrogen) atoms. The van der Waals surface area contributed by atoms with Crippen molar-refractivity contribution in [3.8, 4) is 0 Å². The fourth-order valence-electron chi connectivity index (χ4n) is 2.72. The van der Waals surface area contributed by atoms with Gasteiger partial charge in [-0.2, -0.15) is 0 Å². The number of carbonyl (C=O) groups is 1. The summed E-state index contributed by atoms with van der Waals surface area (Å²) in [4.78, 5) is 11.2. The predicted octanol–water partition coefficient (Wildman–Crippen LogP) is 0.506. The second-order valence-corrected chi connectivity index (χ2v) is 7.67. The van der Waals surface area contributed by atoms with Gasteiger partial charge in [0.2, 0.25) is 0 Å². The lowest BCUT2D eigenvalue weighted by Crippen LogP contribution is -2.30. The lowest BCUT2D eigenvalue weighted by molar-refractivity contribution is -0.168. The minimum absolute atomic E-state index is 0.0758. The van der Waals surface area contributed by atoms with Crippen LogP contribution in [0.4, 0.5) is 0 Å². The summed E-state index contributed by atoms with van der Waals surface area (Å²) in [6.45, 7) is 2.14. The van der Waals surface area contributed by atoms with Gasteiger partial charge in [-0.15, -0.1) is 0 Å². The van der Waals surface area contributed by atoms with Crippen LogP contribution in [0.15, 0.2) is 0 Å². The van der Waals surface area contributed by atoms with Gasteiger partial charge in [0.25, 0.3) is 0 Å². The molecule has 0 aliphatic carbocycles. The van der Waals surface area contributed by atoms with Crippen LogP contribution in [-0.2, 0) is 28.8 Å². The van der Waals surface area contributed by atoms with Crippen molar-refractivity contribution in [2.45, 2.75) is 38.1 Å². The Morgan fingerprint density at radius 1 is 1.47 bits per heavy atom. The number of hydrogen-bond acceptors (Lipinski definition) is 6. The van der Waals surface area contributed by atoms with E-state index < -0.39 is 15.6 Å². The molecule has 0 spiro atoms. The van der Waals surface area contributed by atoms with Gasteiger partial charge in [0, 0.05) is 6.42 Å². The van der Waals surface area contributed by atoms with Crippen LogP contribution < -0.4 is 0 Å². The van der Waals surface area contributed by atoms with E-state index in [4.69, 9.17) is 9.47 Å². The molecule has 0 aromatic carbocycles. The van der Waals surface area contributed by atoms with Crippen molar-refractivity contribution in [3.63, 3.8) is 0 Å². The molecule has 2 rings (SSSR count). The van der Waals surface area contributed by atoms with E-state index >= 15 is 0 Å². The minimum Gasteiger partial charge on any atom is -0.469 e. The van der Waals surface area contributed by atoms with Crippen LogP contribution >= 0.6 is 0 Å². The summed E-state index contributed by atoms with van der Waals surface area (Å²) in [5.41, 5.74) is 0. The molecular formula is C12H20O6S. The first kappa shape index (κ1) is 14.7. The number of hydrogen-bond donors (Lipinski definition) is 0. The number of rotatable bonds is 4. The lowest BCUT2D eigenvalue weighted by Gasteiger charge is -2.25. The van der Waals surface area contributed by atoms with Gasteiger partial charge >= 0.3 is 5.97 Å². The number of methoxy groups -OCH3 is 1. The Bertz CT molecular complexity index is 445. The molecule has 0 aromatic heterocycles. The van der Waals surface area contributed by atoms with Crippen LogP contribution in [0.1, 0.15) is 26.2 Å². The van der Waals surface area contributed by atoms with Gasteiger partial charge in [-0.3, -0.25) is 4.79 Å². The van der Waals surface area contributed by atoms with Crippen molar-refractivity contribution in [1.82, 2.24) is 0 Å². The van der Waals surface area contributed by atoms with Gasteiger partial charge in [-0.1, -0.05) is 0 Å². The van der Waals surface area contributed by atoms with E-state index in [9.17, 15) is 13.2 Å². The molecule has 7 heteroatoms.